The molecule has 1 unspecified atom stereocenters. The number of hydrogen-bond acceptors (Lipinski definition) is 3. The third-order valence-corrected chi connectivity index (χ3v) is 2.15. The Morgan fingerprint density at radius 2 is 2.00 bits per heavy atom. The molecule has 1 rings (SSSR count). The minimum absolute atomic E-state index is 0.256. The van der Waals surface area contributed by atoms with Gasteiger partial charge in [0.1, 0.15) is 0 Å². The van der Waals surface area contributed by atoms with E-state index >= 15 is 0 Å². The summed E-state index contributed by atoms with van der Waals surface area (Å²) in [5.41, 5.74) is 1.03. The van der Waals surface area contributed by atoms with Gasteiger partial charge in [-0.2, -0.15) is 0 Å². The van der Waals surface area contributed by atoms with Crippen LogP contribution < -0.4 is 0 Å². The van der Waals surface area contributed by atoms with Crippen LogP contribution in [-0.4, -0.2) is 23.9 Å². The maximum atomic E-state index is 11.5. The van der Waals surface area contributed by atoms with Gasteiger partial charge in [-0.25, -0.2) is 0 Å². The lowest BCUT2D eigenvalue weighted by Crippen LogP contribution is -2.33. The Labute approximate surface area is 88.9 Å². The number of hydrogen-bond donors (Lipinski definition) is 0. The molecule has 0 aliphatic heterocycles. The second kappa shape index (κ2) is 5.24. The molecule has 0 aliphatic rings. The third kappa shape index (κ3) is 3.16. The van der Waals surface area contributed by atoms with Crippen LogP contribution in [0.25, 0.3) is 0 Å². The van der Waals surface area contributed by atoms with Gasteiger partial charge in [-0.15, -0.1) is 4.91 Å². The number of carbonyl (C=O) groups excluding carboxylic acids is 1. The standard InChI is InChI=1S/C11H14N2O2/c1-9(12-15)11(14)13(2)8-10-6-4-3-5-7-10/h3-7,9H,8H2,1-2H3. The molecular formula is C11H14N2O2. The van der Waals surface area contributed by atoms with Crippen molar-refractivity contribution in [3.63, 3.8) is 0 Å². The predicted octanol–water partition coefficient (Wildman–Crippen LogP) is 1.80. The Kier molecular flexibility index (Phi) is 3.97. The molecule has 0 spiro atoms. The van der Waals surface area contributed by atoms with Gasteiger partial charge < -0.3 is 4.90 Å². The molecule has 0 fully saturated rings. The zero-order chi connectivity index (χ0) is 11.3. The summed E-state index contributed by atoms with van der Waals surface area (Å²) in [4.78, 5) is 23.2. The number of amides is 1. The minimum atomic E-state index is -0.807. The van der Waals surface area contributed by atoms with Crippen LogP contribution in [0.5, 0.6) is 0 Å². The molecule has 1 amide bonds. The van der Waals surface area contributed by atoms with E-state index in [2.05, 4.69) is 5.18 Å². The fourth-order valence-corrected chi connectivity index (χ4v) is 1.30. The summed E-state index contributed by atoms with van der Waals surface area (Å²) >= 11 is 0. The Morgan fingerprint density at radius 3 is 2.53 bits per heavy atom. The molecule has 4 nitrogen and oxygen atoms in total. The van der Waals surface area contributed by atoms with Crippen LogP contribution in [0.15, 0.2) is 35.5 Å². The molecule has 80 valence electrons. The first kappa shape index (κ1) is 11.4. The van der Waals surface area contributed by atoms with E-state index in [-0.39, 0.29) is 5.91 Å². The van der Waals surface area contributed by atoms with E-state index in [1.54, 1.807) is 7.05 Å². The van der Waals surface area contributed by atoms with Crippen molar-refractivity contribution in [2.45, 2.75) is 19.5 Å². The summed E-state index contributed by atoms with van der Waals surface area (Å²) < 4.78 is 0. The first-order valence-corrected chi connectivity index (χ1v) is 4.76. The quantitative estimate of drug-likeness (QED) is 0.705. The summed E-state index contributed by atoms with van der Waals surface area (Å²) in [6.07, 6.45) is 0. The predicted molar refractivity (Wildman–Crippen MR) is 58.2 cm³/mol. The molecule has 15 heavy (non-hydrogen) atoms. The van der Waals surface area contributed by atoms with Gasteiger partial charge in [-0.3, -0.25) is 4.79 Å². The summed E-state index contributed by atoms with van der Waals surface area (Å²) in [5.74, 6) is -0.256. The largest absolute Gasteiger partial charge is 0.339 e. The Morgan fingerprint density at radius 1 is 1.40 bits per heavy atom. The molecule has 4 heteroatoms. The fraction of sp³-hybridized carbons (Fsp3) is 0.364. The minimum Gasteiger partial charge on any atom is -0.339 e. The molecule has 0 N–H and O–H groups in total. The Bertz CT molecular complexity index is 338. The highest BCUT2D eigenvalue weighted by Crippen LogP contribution is 2.05. The van der Waals surface area contributed by atoms with Gasteiger partial charge >= 0.3 is 0 Å². The SMILES string of the molecule is CC(N=O)C(=O)N(C)Cc1ccccc1. The fourth-order valence-electron chi connectivity index (χ4n) is 1.30. The zero-order valence-electron chi connectivity index (χ0n) is 8.88. The van der Waals surface area contributed by atoms with Crippen molar-refractivity contribution in [1.29, 1.82) is 0 Å². The van der Waals surface area contributed by atoms with Crippen LogP contribution in [0.1, 0.15) is 12.5 Å². The summed E-state index contributed by atoms with van der Waals surface area (Å²) in [7, 11) is 1.66. The molecule has 0 radical (unpaired) electrons. The Balaban J connectivity index is 2.60. The number of nitroso groups, excluding NO2 is 1. The second-order valence-corrected chi connectivity index (χ2v) is 3.46. The first-order valence-electron chi connectivity index (χ1n) is 4.76. The molecule has 0 saturated heterocycles. The van der Waals surface area contributed by atoms with E-state index in [1.165, 1.54) is 11.8 Å². The molecule has 1 aromatic carbocycles. The lowest BCUT2D eigenvalue weighted by atomic mass is 10.2. The summed E-state index contributed by atoms with van der Waals surface area (Å²) in [6, 6.07) is 8.80. The van der Waals surface area contributed by atoms with E-state index in [4.69, 9.17) is 0 Å². The highest BCUT2D eigenvalue weighted by atomic mass is 16.3. The van der Waals surface area contributed by atoms with Gasteiger partial charge in [0.2, 0.25) is 0 Å². The van der Waals surface area contributed by atoms with Crippen LogP contribution in [-0.2, 0) is 11.3 Å². The molecule has 0 saturated carbocycles. The molecule has 0 bridgehead atoms. The second-order valence-electron chi connectivity index (χ2n) is 3.46. The smallest absolute Gasteiger partial charge is 0.250 e. The van der Waals surface area contributed by atoms with Crippen LogP contribution in [0.3, 0.4) is 0 Å². The Hall–Kier alpha value is -1.71. The average Bonchev–Trinajstić information content (AvgIpc) is 2.28. The van der Waals surface area contributed by atoms with E-state index in [0.29, 0.717) is 6.54 Å². The number of benzene rings is 1. The molecule has 0 aromatic heterocycles. The van der Waals surface area contributed by atoms with E-state index < -0.39 is 6.04 Å². The van der Waals surface area contributed by atoms with Crippen molar-refractivity contribution in [3.8, 4) is 0 Å². The van der Waals surface area contributed by atoms with Gasteiger partial charge in [0.25, 0.3) is 5.91 Å². The lowest BCUT2D eigenvalue weighted by molar-refractivity contribution is -0.131. The molecule has 1 aromatic rings. The van der Waals surface area contributed by atoms with Crippen molar-refractivity contribution < 1.29 is 4.79 Å². The summed E-state index contributed by atoms with van der Waals surface area (Å²) in [6.45, 7) is 2.00. The van der Waals surface area contributed by atoms with Gasteiger partial charge in [0.05, 0.1) is 0 Å². The molecule has 0 heterocycles. The first-order chi connectivity index (χ1) is 7.15. The van der Waals surface area contributed by atoms with Crippen LogP contribution in [0.4, 0.5) is 0 Å². The zero-order valence-corrected chi connectivity index (χ0v) is 8.88. The highest BCUT2D eigenvalue weighted by molar-refractivity contribution is 5.81. The number of carbonyl (C=O) groups is 1. The molecular weight excluding hydrogens is 192 g/mol. The average molecular weight is 206 g/mol. The van der Waals surface area contributed by atoms with Crippen LogP contribution >= 0.6 is 0 Å². The van der Waals surface area contributed by atoms with Gasteiger partial charge in [0.15, 0.2) is 6.04 Å². The lowest BCUT2D eigenvalue weighted by Gasteiger charge is -2.18. The van der Waals surface area contributed by atoms with Crippen molar-refractivity contribution >= 4 is 5.91 Å². The normalized spacial score (nSPS) is 11.9. The van der Waals surface area contributed by atoms with E-state index in [9.17, 15) is 9.70 Å². The van der Waals surface area contributed by atoms with Crippen LogP contribution in [0.2, 0.25) is 0 Å². The van der Waals surface area contributed by atoms with Crippen molar-refractivity contribution in [3.05, 3.63) is 40.8 Å². The molecule has 0 aliphatic carbocycles. The topological polar surface area (TPSA) is 49.7 Å². The van der Waals surface area contributed by atoms with Crippen molar-refractivity contribution in [2.75, 3.05) is 7.05 Å². The van der Waals surface area contributed by atoms with Gasteiger partial charge in [0, 0.05) is 13.6 Å². The molecule has 1 atom stereocenters. The third-order valence-electron chi connectivity index (χ3n) is 2.15. The van der Waals surface area contributed by atoms with Crippen molar-refractivity contribution in [2.24, 2.45) is 5.18 Å². The van der Waals surface area contributed by atoms with Crippen molar-refractivity contribution in [1.82, 2.24) is 4.90 Å². The highest BCUT2D eigenvalue weighted by Gasteiger charge is 2.17. The number of nitrogens with zero attached hydrogens (tertiary/aromatic N) is 2. The van der Waals surface area contributed by atoms with E-state index in [1.807, 2.05) is 30.3 Å². The summed E-state index contributed by atoms with van der Waals surface area (Å²) in [5, 5.41) is 2.71. The van der Waals surface area contributed by atoms with Crippen LogP contribution in [0, 0.1) is 4.91 Å². The van der Waals surface area contributed by atoms with E-state index in [0.717, 1.165) is 5.56 Å². The monoisotopic (exact) mass is 206 g/mol. The number of rotatable bonds is 4. The number of likely N-dealkylation sites (N-methyl/N-ethyl adjacent to an activating group) is 1. The maximum absolute atomic E-state index is 11.5. The van der Waals surface area contributed by atoms with Gasteiger partial charge in [-0.05, 0) is 12.5 Å². The van der Waals surface area contributed by atoms with Gasteiger partial charge in [-0.1, -0.05) is 35.5 Å². The maximum Gasteiger partial charge on any atom is 0.250 e.